The van der Waals surface area contributed by atoms with E-state index in [1.54, 1.807) is 6.07 Å². The number of aryl methyl sites for hydroxylation is 1. The van der Waals surface area contributed by atoms with Crippen LogP contribution in [-0.4, -0.2) is 30.0 Å². The number of ether oxygens (including phenoxy) is 1. The van der Waals surface area contributed by atoms with E-state index < -0.39 is 38.0 Å². The maximum atomic E-state index is 13.4. The molecule has 2 saturated carbocycles. The minimum absolute atomic E-state index is 0.0530. The molecule has 11 heteroatoms. The average molecular weight is 619 g/mol. The molecule has 0 bridgehead atoms. The highest BCUT2D eigenvalue weighted by Crippen LogP contribution is 2.62. The van der Waals surface area contributed by atoms with Crippen LogP contribution in [0.2, 0.25) is 0 Å². The van der Waals surface area contributed by atoms with Gasteiger partial charge in [-0.05, 0) is 133 Å². The van der Waals surface area contributed by atoms with Crippen LogP contribution in [0.25, 0.3) is 0 Å². The van der Waals surface area contributed by atoms with Crippen molar-refractivity contribution in [2.24, 2.45) is 17.3 Å². The standard InChI is InChI=1S/C31H32F2O7S2/c1-31-16-15-24-25(27(31)13-14-30(31)40-42(36,37)23-10-6-21(33)7-11-23)12-3-19-17-29(28(38-2)18-26(19)24)39-41(34,35)22-8-4-20(32)5-9-22/h4-11,17-18,24-25,27,30H,3,12-16H2,1-2H3. The molecular formula is C31H32F2O7S2. The Hall–Kier alpha value is -3.02. The van der Waals surface area contributed by atoms with Gasteiger partial charge in [-0.1, -0.05) is 6.92 Å². The van der Waals surface area contributed by atoms with Crippen molar-refractivity contribution in [2.45, 2.75) is 67.3 Å². The Morgan fingerprint density at radius 1 is 0.786 bits per heavy atom. The molecule has 0 spiro atoms. The molecule has 5 atom stereocenters. The molecule has 6 rings (SSSR count). The van der Waals surface area contributed by atoms with Crippen LogP contribution in [0.15, 0.2) is 70.5 Å². The van der Waals surface area contributed by atoms with Crippen LogP contribution in [0.1, 0.15) is 56.1 Å². The maximum absolute atomic E-state index is 13.4. The van der Waals surface area contributed by atoms with E-state index in [1.807, 2.05) is 6.07 Å². The highest BCUT2D eigenvalue weighted by Gasteiger charge is 2.56. The van der Waals surface area contributed by atoms with Gasteiger partial charge >= 0.3 is 10.1 Å². The summed E-state index contributed by atoms with van der Waals surface area (Å²) in [6, 6.07) is 12.7. The fraction of sp³-hybridized carbons (Fsp3) is 0.419. The molecule has 3 aromatic carbocycles. The van der Waals surface area contributed by atoms with Crippen LogP contribution in [0.3, 0.4) is 0 Å². The van der Waals surface area contributed by atoms with Crippen LogP contribution in [0, 0.1) is 28.9 Å². The predicted octanol–water partition coefficient (Wildman–Crippen LogP) is 6.37. The first-order chi connectivity index (χ1) is 19.9. The van der Waals surface area contributed by atoms with E-state index in [9.17, 15) is 25.6 Å². The second-order valence-electron chi connectivity index (χ2n) is 11.7. The molecule has 7 nitrogen and oxygen atoms in total. The van der Waals surface area contributed by atoms with Crippen LogP contribution >= 0.6 is 0 Å². The molecule has 3 aliphatic carbocycles. The summed E-state index contributed by atoms with van der Waals surface area (Å²) in [5, 5.41) is 0. The Kier molecular flexibility index (Phi) is 7.34. The molecule has 0 heterocycles. The molecule has 3 aromatic rings. The topological polar surface area (TPSA) is 96.0 Å². The third kappa shape index (κ3) is 5.09. The molecular weight excluding hydrogens is 586 g/mol. The number of halogens is 2. The Labute approximate surface area is 245 Å². The summed E-state index contributed by atoms with van der Waals surface area (Å²) in [6.45, 7) is 2.12. The Morgan fingerprint density at radius 3 is 2.02 bits per heavy atom. The number of benzene rings is 3. The lowest BCUT2D eigenvalue weighted by Gasteiger charge is -2.50. The van der Waals surface area contributed by atoms with E-state index in [1.165, 1.54) is 19.2 Å². The molecule has 42 heavy (non-hydrogen) atoms. The lowest BCUT2D eigenvalue weighted by Crippen LogP contribution is -2.45. The van der Waals surface area contributed by atoms with Gasteiger partial charge in [0.2, 0.25) is 0 Å². The van der Waals surface area contributed by atoms with Crippen LogP contribution in [0.5, 0.6) is 11.5 Å². The van der Waals surface area contributed by atoms with Gasteiger partial charge in [-0.15, -0.1) is 0 Å². The Bertz CT molecular complexity index is 1710. The third-order valence-electron chi connectivity index (χ3n) is 9.57. The smallest absolute Gasteiger partial charge is 0.339 e. The molecule has 0 radical (unpaired) electrons. The number of rotatable bonds is 7. The molecule has 224 valence electrons. The summed E-state index contributed by atoms with van der Waals surface area (Å²) >= 11 is 0. The van der Waals surface area contributed by atoms with Crippen LogP contribution in [0.4, 0.5) is 8.78 Å². The maximum Gasteiger partial charge on any atom is 0.339 e. The van der Waals surface area contributed by atoms with E-state index in [0.29, 0.717) is 24.5 Å². The highest BCUT2D eigenvalue weighted by molar-refractivity contribution is 7.87. The summed E-state index contributed by atoms with van der Waals surface area (Å²) in [5.41, 5.74) is 1.76. The zero-order chi connectivity index (χ0) is 29.9. The number of fused-ring (bicyclic) bond motifs is 5. The summed E-state index contributed by atoms with van der Waals surface area (Å²) in [4.78, 5) is -0.211. The second kappa shape index (κ2) is 10.6. The van der Waals surface area contributed by atoms with E-state index in [-0.39, 0.29) is 32.8 Å². The molecule has 0 amide bonds. The largest absolute Gasteiger partial charge is 0.493 e. The van der Waals surface area contributed by atoms with Gasteiger partial charge < -0.3 is 8.92 Å². The minimum atomic E-state index is -4.20. The molecule has 5 unspecified atom stereocenters. The fourth-order valence-electron chi connectivity index (χ4n) is 7.49. The van der Waals surface area contributed by atoms with Crippen molar-refractivity contribution in [3.8, 4) is 11.5 Å². The van der Waals surface area contributed by atoms with Crippen molar-refractivity contribution < 1.29 is 38.7 Å². The number of methoxy groups -OCH3 is 1. The molecule has 0 aromatic heterocycles. The third-order valence-corrected chi connectivity index (χ3v) is 12.2. The van der Waals surface area contributed by atoms with Crippen molar-refractivity contribution in [3.05, 3.63) is 83.4 Å². The fourth-order valence-corrected chi connectivity index (χ4v) is 9.62. The van der Waals surface area contributed by atoms with Crippen molar-refractivity contribution >= 4 is 20.2 Å². The minimum Gasteiger partial charge on any atom is -0.493 e. The lowest BCUT2D eigenvalue weighted by molar-refractivity contribution is -0.00807. The zero-order valence-electron chi connectivity index (χ0n) is 23.3. The quantitative estimate of drug-likeness (QED) is 0.284. The summed E-state index contributed by atoms with van der Waals surface area (Å²) in [7, 11) is -6.79. The van der Waals surface area contributed by atoms with Gasteiger partial charge in [-0.2, -0.15) is 16.8 Å². The van der Waals surface area contributed by atoms with E-state index in [2.05, 4.69) is 6.92 Å². The van der Waals surface area contributed by atoms with Gasteiger partial charge in [0.05, 0.1) is 18.1 Å². The normalized spacial score (nSPS) is 27.0. The van der Waals surface area contributed by atoms with Crippen molar-refractivity contribution in [1.29, 1.82) is 0 Å². The second-order valence-corrected chi connectivity index (χ2v) is 14.8. The predicted molar refractivity (Wildman–Crippen MR) is 150 cm³/mol. The van der Waals surface area contributed by atoms with Gasteiger partial charge in [0.1, 0.15) is 16.5 Å². The zero-order valence-corrected chi connectivity index (χ0v) is 24.9. The summed E-state index contributed by atoms with van der Waals surface area (Å²) in [5.74, 6) is 0.0782. The molecule has 3 aliphatic rings. The first-order valence-corrected chi connectivity index (χ1v) is 16.8. The monoisotopic (exact) mass is 618 g/mol. The Morgan fingerprint density at radius 2 is 1.40 bits per heavy atom. The van der Waals surface area contributed by atoms with Crippen LogP contribution in [-0.2, 0) is 30.8 Å². The van der Waals surface area contributed by atoms with Crippen LogP contribution < -0.4 is 8.92 Å². The van der Waals surface area contributed by atoms with Crippen molar-refractivity contribution in [2.75, 3.05) is 7.11 Å². The molecule has 0 saturated heterocycles. The average Bonchev–Trinajstić information content (AvgIpc) is 3.28. The van der Waals surface area contributed by atoms with E-state index in [4.69, 9.17) is 13.1 Å². The number of hydrogen-bond acceptors (Lipinski definition) is 7. The molecule has 0 N–H and O–H groups in total. The van der Waals surface area contributed by atoms with Gasteiger partial charge in [0.15, 0.2) is 11.5 Å². The molecule has 0 aliphatic heterocycles. The molecule has 2 fully saturated rings. The number of hydrogen-bond donors (Lipinski definition) is 0. The van der Waals surface area contributed by atoms with E-state index >= 15 is 0 Å². The first-order valence-electron chi connectivity index (χ1n) is 14.0. The Balaban J connectivity index is 1.24. The van der Waals surface area contributed by atoms with E-state index in [0.717, 1.165) is 73.2 Å². The van der Waals surface area contributed by atoms with Gasteiger partial charge in [0.25, 0.3) is 10.1 Å². The summed E-state index contributed by atoms with van der Waals surface area (Å²) < 4.78 is 95.4. The van der Waals surface area contributed by atoms with Gasteiger partial charge in [-0.25, -0.2) is 8.78 Å². The van der Waals surface area contributed by atoms with Gasteiger partial charge in [0, 0.05) is 0 Å². The van der Waals surface area contributed by atoms with Crippen molar-refractivity contribution in [1.82, 2.24) is 0 Å². The summed E-state index contributed by atoms with van der Waals surface area (Å²) in [6.07, 6.45) is 4.15. The first kappa shape index (κ1) is 29.1. The highest BCUT2D eigenvalue weighted by atomic mass is 32.2. The van der Waals surface area contributed by atoms with Gasteiger partial charge in [-0.3, -0.25) is 4.18 Å². The lowest BCUT2D eigenvalue weighted by atomic mass is 9.55. The van der Waals surface area contributed by atoms with Crippen molar-refractivity contribution in [3.63, 3.8) is 0 Å². The SMILES string of the molecule is COc1cc2c(cc1OS(=O)(=O)c1ccc(F)cc1)CCC1C2CCC2(C)C(OS(=O)(=O)c3ccc(F)cc3)CCC12.